The third-order valence-electron chi connectivity index (χ3n) is 1.46. The summed E-state index contributed by atoms with van der Waals surface area (Å²) < 4.78 is 13.6. The standard InChI is InChI=1S/C8H10FIN2/c1-8(2,3)7-6(10)5(9)4-11-12-7/h4H,1-3H3. The lowest BCUT2D eigenvalue weighted by atomic mass is 9.92. The van der Waals surface area contributed by atoms with Crippen LogP contribution in [0, 0.1) is 9.39 Å². The van der Waals surface area contributed by atoms with Gasteiger partial charge in [0.2, 0.25) is 0 Å². The normalized spacial score (nSPS) is 11.8. The van der Waals surface area contributed by atoms with Crippen LogP contribution >= 0.6 is 22.6 Å². The summed E-state index contributed by atoms with van der Waals surface area (Å²) in [6.45, 7) is 5.95. The first kappa shape index (κ1) is 9.83. The Bertz CT molecular complexity index is 294. The van der Waals surface area contributed by atoms with Crippen molar-refractivity contribution in [3.05, 3.63) is 21.3 Å². The van der Waals surface area contributed by atoms with Crippen molar-refractivity contribution < 1.29 is 4.39 Å². The summed E-state index contributed by atoms with van der Waals surface area (Å²) in [7, 11) is 0. The van der Waals surface area contributed by atoms with Crippen molar-refractivity contribution in [1.29, 1.82) is 0 Å². The lowest BCUT2D eigenvalue weighted by Gasteiger charge is -2.17. The Balaban J connectivity index is 3.26. The molecular weight excluding hydrogens is 270 g/mol. The molecule has 1 rings (SSSR count). The Hall–Kier alpha value is -0.260. The van der Waals surface area contributed by atoms with Crippen molar-refractivity contribution in [3.8, 4) is 0 Å². The monoisotopic (exact) mass is 280 g/mol. The fourth-order valence-corrected chi connectivity index (χ4v) is 1.89. The molecule has 0 bridgehead atoms. The van der Waals surface area contributed by atoms with E-state index < -0.39 is 0 Å². The lowest BCUT2D eigenvalue weighted by molar-refractivity contribution is 0.528. The molecule has 0 aliphatic rings. The molecule has 0 radical (unpaired) electrons. The van der Waals surface area contributed by atoms with Crippen LogP contribution in [0.15, 0.2) is 6.20 Å². The molecule has 1 aromatic heterocycles. The average Bonchev–Trinajstić information content (AvgIpc) is 1.92. The summed E-state index contributed by atoms with van der Waals surface area (Å²) in [5.41, 5.74) is 0.564. The van der Waals surface area contributed by atoms with E-state index in [-0.39, 0.29) is 11.2 Å². The molecule has 0 atom stereocenters. The third-order valence-corrected chi connectivity index (χ3v) is 2.48. The van der Waals surface area contributed by atoms with Crippen LogP contribution in [-0.2, 0) is 5.41 Å². The van der Waals surface area contributed by atoms with Crippen LogP contribution in [0.2, 0.25) is 0 Å². The maximum absolute atomic E-state index is 13.0. The Morgan fingerprint density at radius 1 is 1.42 bits per heavy atom. The number of hydrogen-bond acceptors (Lipinski definition) is 2. The van der Waals surface area contributed by atoms with Crippen LogP contribution < -0.4 is 0 Å². The van der Waals surface area contributed by atoms with E-state index in [9.17, 15) is 4.39 Å². The molecule has 0 spiro atoms. The van der Waals surface area contributed by atoms with Crippen LogP contribution in [-0.4, -0.2) is 10.2 Å². The van der Waals surface area contributed by atoms with Gasteiger partial charge in [-0.1, -0.05) is 20.8 Å². The van der Waals surface area contributed by atoms with Crippen LogP contribution in [0.3, 0.4) is 0 Å². The minimum absolute atomic E-state index is 0.147. The van der Waals surface area contributed by atoms with Gasteiger partial charge in [-0.2, -0.15) is 10.2 Å². The van der Waals surface area contributed by atoms with Crippen molar-refractivity contribution in [2.75, 3.05) is 0 Å². The second-order valence-electron chi connectivity index (χ2n) is 3.61. The highest BCUT2D eigenvalue weighted by atomic mass is 127. The molecule has 0 saturated carbocycles. The van der Waals surface area contributed by atoms with Crippen LogP contribution in [0.4, 0.5) is 4.39 Å². The van der Waals surface area contributed by atoms with E-state index in [4.69, 9.17) is 0 Å². The molecule has 4 heteroatoms. The first-order valence-electron chi connectivity index (χ1n) is 3.60. The Morgan fingerprint density at radius 3 is 2.42 bits per heavy atom. The van der Waals surface area contributed by atoms with Gasteiger partial charge in [-0.3, -0.25) is 0 Å². The first-order chi connectivity index (χ1) is 5.43. The zero-order chi connectivity index (χ0) is 9.35. The molecular formula is C8H10FIN2. The summed E-state index contributed by atoms with van der Waals surface area (Å²) >= 11 is 1.95. The van der Waals surface area contributed by atoms with E-state index in [1.807, 2.05) is 43.4 Å². The zero-order valence-corrected chi connectivity index (χ0v) is 9.39. The van der Waals surface area contributed by atoms with Gasteiger partial charge in [-0.25, -0.2) is 4.39 Å². The predicted octanol–water partition coefficient (Wildman–Crippen LogP) is 2.52. The third kappa shape index (κ3) is 1.91. The number of halogens is 2. The summed E-state index contributed by atoms with van der Waals surface area (Å²) in [5.74, 6) is -0.296. The lowest BCUT2D eigenvalue weighted by Crippen LogP contribution is -2.17. The van der Waals surface area contributed by atoms with Crippen molar-refractivity contribution in [1.82, 2.24) is 10.2 Å². The molecule has 0 saturated heterocycles. The van der Waals surface area contributed by atoms with Gasteiger partial charge in [-0.05, 0) is 22.6 Å². The minimum atomic E-state index is -0.296. The van der Waals surface area contributed by atoms with E-state index >= 15 is 0 Å². The average molecular weight is 280 g/mol. The molecule has 1 aromatic rings. The van der Waals surface area contributed by atoms with E-state index in [1.165, 1.54) is 0 Å². The Labute approximate surface area is 84.7 Å². The zero-order valence-electron chi connectivity index (χ0n) is 7.23. The smallest absolute Gasteiger partial charge is 0.158 e. The van der Waals surface area contributed by atoms with Gasteiger partial charge in [-0.15, -0.1) is 0 Å². The van der Waals surface area contributed by atoms with Crippen molar-refractivity contribution in [3.63, 3.8) is 0 Å². The molecule has 0 aliphatic heterocycles. The van der Waals surface area contributed by atoms with Crippen molar-refractivity contribution in [2.24, 2.45) is 0 Å². The first-order valence-corrected chi connectivity index (χ1v) is 4.68. The number of aromatic nitrogens is 2. The van der Waals surface area contributed by atoms with Gasteiger partial charge >= 0.3 is 0 Å². The Morgan fingerprint density at radius 2 is 2.00 bits per heavy atom. The molecule has 1 heterocycles. The summed E-state index contributed by atoms with van der Waals surface area (Å²) in [6.07, 6.45) is 1.14. The van der Waals surface area contributed by atoms with Gasteiger partial charge in [0.05, 0.1) is 15.5 Å². The second-order valence-corrected chi connectivity index (χ2v) is 4.68. The molecule has 2 nitrogen and oxygen atoms in total. The second kappa shape index (κ2) is 3.24. The fourth-order valence-electron chi connectivity index (χ4n) is 0.830. The van der Waals surface area contributed by atoms with Crippen molar-refractivity contribution in [2.45, 2.75) is 26.2 Å². The van der Waals surface area contributed by atoms with Gasteiger partial charge < -0.3 is 0 Å². The maximum atomic E-state index is 13.0. The predicted molar refractivity (Wildman–Crippen MR) is 53.4 cm³/mol. The SMILES string of the molecule is CC(C)(C)c1nncc(F)c1I. The number of hydrogen-bond donors (Lipinski definition) is 0. The van der Waals surface area contributed by atoms with Crippen molar-refractivity contribution >= 4 is 22.6 Å². The molecule has 66 valence electrons. The minimum Gasteiger partial charge on any atom is -0.204 e. The number of nitrogens with zero attached hydrogens (tertiary/aromatic N) is 2. The largest absolute Gasteiger partial charge is 0.204 e. The summed E-state index contributed by atoms with van der Waals surface area (Å²) in [6, 6.07) is 0. The van der Waals surface area contributed by atoms with Crippen LogP contribution in [0.1, 0.15) is 26.5 Å². The van der Waals surface area contributed by atoms with E-state index in [2.05, 4.69) is 10.2 Å². The number of rotatable bonds is 0. The molecule has 0 amide bonds. The van der Waals surface area contributed by atoms with E-state index in [0.717, 1.165) is 6.20 Å². The highest BCUT2D eigenvalue weighted by molar-refractivity contribution is 14.1. The molecule has 0 N–H and O–H groups in total. The molecule has 0 unspecified atom stereocenters. The van der Waals surface area contributed by atoms with Crippen LogP contribution in [0.5, 0.6) is 0 Å². The topological polar surface area (TPSA) is 25.8 Å². The molecule has 0 aliphatic carbocycles. The van der Waals surface area contributed by atoms with Gasteiger partial charge in [0, 0.05) is 5.41 Å². The fraction of sp³-hybridized carbons (Fsp3) is 0.500. The van der Waals surface area contributed by atoms with Gasteiger partial charge in [0.15, 0.2) is 5.82 Å². The highest BCUT2D eigenvalue weighted by Gasteiger charge is 2.21. The van der Waals surface area contributed by atoms with E-state index in [0.29, 0.717) is 9.26 Å². The van der Waals surface area contributed by atoms with Gasteiger partial charge in [0.1, 0.15) is 0 Å². The Kier molecular flexibility index (Phi) is 2.65. The quantitative estimate of drug-likeness (QED) is 0.682. The van der Waals surface area contributed by atoms with E-state index in [1.54, 1.807) is 0 Å². The summed E-state index contributed by atoms with van der Waals surface area (Å²) in [5, 5.41) is 7.49. The molecule has 12 heavy (non-hydrogen) atoms. The van der Waals surface area contributed by atoms with Crippen LogP contribution in [0.25, 0.3) is 0 Å². The maximum Gasteiger partial charge on any atom is 0.158 e. The molecule has 0 aromatic carbocycles. The summed E-state index contributed by atoms with van der Waals surface area (Å²) in [4.78, 5) is 0. The highest BCUT2D eigenvalue weighted by Crippen LogP contribution is 2.25. The van der Waals surface area contributed by atoms with Gasteiger partial charge in [0.25, 0.3) is 0 Å². The molecule has 0 fully saturated rings.